The van der Waals surface area contributed by atoms with Gasteiger partial charge >= 0.3 is 5.97 Å². The maximum absolute atomic E-state index is 10.8. The zero-order valence-corrected chi connectivity index (χ0v) is 11.7. The van der Waals surface area contributed by atoms with Crippen molar-refractivity contribution in [1.29, 1.82) is 0 Å². The van der Waals surface area contributed by atoms with E-state index in [0.29, 0.717) is 17.4 Å². The van der Waals surface area contributed by atoms with Crippen molar-refractivity contribution >= 4 is 22.4 Å². The van der Waals surface area contributed by atoms with Gasteiger partial charge in [0, 0.05) is 11.9 Å². The molecule has 0 bridgehead atoms. The van der Waals surface area contributed by atoms with Crippen molar-refractivity contribution in [2.45, 2.75) is 12.6 Å². The SMILES string of the molecule is NC(C(=O)O)c1csc(NCc2ccc3c(c2)OCO3)n1. The molecular formula is C13H13N3O4S. The number of rotatable bonds is 5. The second-order valence-electron chi connectivity index (χ2n) is 4.43. The van der Waals surface area contributed by atoms with Gasteiger partial charge in [-0.3, -0.25) is 4.79 Å². The Morgan fingerprint density at radius 2 is 2.29 bits per heavy atom. The van der Waals surface area contributed by atoms with Gasteiger partial charge in [0.15, 0.2) is 16.6 Å². The van der Waals surface area contributed by atoms with Crippen molar-refractivity contribution in [3.05, 3.63) is 34.8 Å². The van der Waals surface area contributed by atoms with Crippen LogP contribution in [0.25, 0.3) is 0 Å². The third-order valence-corrected chi connectivity index (χ3v) is 3.81. The van der Waals surface area contributed by atoms with Gasteiger partial charge in [-0.2, -0.15) is 0 Å². The first kappa shape index (κ1) is 13.7. The van der Waals surface area contributed by atoms with E-state index in [0.717, 1.165) is 17.1 Å². The molecular weight excluding hydrogens is 294 g/mol. The summed E-state index contributed by atoms with van der Waals surface area (Å²) in [6.45, 7) is 0.793. The van der Waals surface area contributed by atoms with E-state index in [1.54, 1.807) is 5.38 Å². The lowest BCUT2D eigenvalue weighted by Crippen LogP contribution is -2.20. The van der Waals surface area contributed by atoms with Gasteiger partial charge in [-0.05, 0) is 17.7 Å². The van der Waals surface area contributed by atoms with E-state index in [1.807, 2.05) is 18.2 Å². The summed E-state index contributed by atoms with van der Waals surface area (Å²) in [4.78, 5) is 15.0. The third-order valence-electron chi connectivity index (χ3n) is 2.99. The fraction of sp³-hybridized carbons (Fsp3) is 0.231. The fourth-order valence-electron chi connectivity index (χ4n) is 1.87. The summed E-state index contributed by atoms with van der Waals surface area (Å²) in [6, 6.07) is 4.58. The maximum Gasteiger partial charge on any atom is 0.326 e. The normalized spacial score (nSPS) is 14.0. The van der Waals surface area contributed by atoms with Crippen molar-refractivity contribution in [1.82, 2.24) is 4.98 Å². The number of hydrogen-bond acceptors (Lipinski definition) is 7. The quantitative estimate of drug-likeness (QED) is 0.769. The highest BCUT2D eigenvalue weighted by molar-refractivity contribution is 7.13. The average molecular weight is 307 g/mol. The molecule has 0 amide bonds. The zero-order valence-electron chi connectivity index (χ0n) is 10.9. The Balaban J connectivity index is 1.64. The second-order valence-corrected chi connectivity index (χ2v) is 5.29. The van der Waals surface area contributed by atoms with Gasteiger partial charge in [-0.25, -0.2) is 4.98 Å². The maximum atomic E-state index is 10.8. The predicted molar refractivity (Wildman–Crippen MR) is 76.6 cm³/mol. The molecule has 7 nitrogen and oxygen atoms in total. The molecule has 110 valence electrons. The number of aliphatic carboxylic acids is 1. The van der Waals surface area contributed by atoms with E-state index in [-0.39, 0.29) is 6.79 Å². The number of benzene rings is 1. The van der Waals surface area contributed by atoms with Crippen LogP contribution in [0.2, 0.25) is 0 Å². The molecule has 21 heavy (non-hydrogen) atoms. The van der Waals surface area contributed by atoms with Gasteiger partial charge in [0.25, 0.3) is 0 Å². The Morgan fingerprint density at radius 1 is 1.48 bits per heavy atom. The predicted octanol–water partition coefficient (Wildman–Crippen LogP) is 1.57. The minimum absolute atomic E-state index is 0.245. The molecule has 2 aromatic rings. The van der Waals surface area contributed by atoms with E-state index in [1.165, 1.54) is 11.3 Å². The first-order valence-electron chi connectivity index (χ1n) is 6.19. The summed E-state index contributed by atoms with van der Waals surface area (Å²) in [6.07, 6.45) is 0. The van der Waals surface area contributed by atoms with Crippen LogP contribution in [0, 0.1) is 0 Å². The van der Waals surface area contributed by atoms with Crippen molar-refractivity contribution in [3.8, 4) is 11.5 Å². The Bertz CT molecular complexity index is 673. The van der Waals surface area contributed by atoms with E-state index >= 15 is 0 Å². The minimum Gasteiger partial charge on any atom is -0.480 e. The molecule has 0 spiro atoms. The summed E-state index contributed by atoms with van der Waals surface area (Å²) < 4.78 is 10.6. The number of thiazole rings is 1. The second kappa shape index (κ2) is 5.58. The number of nitrogens with one attached hydrogen (secondary N) is 1. The van der Waals surface area contributed by atoms with Crippen LogP contribution in [0.15, 0.2) is 23.6 Å². The molecule has 3 rings (SSSR count). The Morgan fingerprint density at radius 3 is 3.10 bits per heavy atom. The highest BCUT2D eigenvalue weighted by Gasteiger charge is 2.18. The minimum atomic E-state index is -1.10. The number of carboxylic acid groups (broad SMARTS) is 1. The van der Waals surface area contributed by atoms with Crippen molar-refractivity contribution in [2.75, 3.05) is 12.1 Å². The van der Waals surface area contributed by atoms with E-state index in [9.17, 15) is 4.79 Å². The summed E-state index contributed by atoms with van der Waals surface area (Å²) in [5.74, 6) is 0.368. The molecule has 0 saturated heterocycles. The Kier molecular flexibility index (Phi) is 3.63. The van der Waals surface area contributed by atoms with Gasteiger partial charge in [0.2, 0.25) is 6.79 Å². The van der Waals surface area contributed by atoms with Gasteiger partial charge in [0.05, 0.1) is 5.69 Å². The van der Waals surface area contributed by atoms with Crippen LogP contribution in [0.5, 0.6) is 11.5 Å². The molecule has 4 N–H and O–H groups in total. The highest BCUT2D eigenvalue weighted by Crippen LogP contribution is 2.32. The zero-order chi connectivity index (χ0) is 14.8. The van der Waals surface area contributed by atoms with Crippen LogP contribution < -0.4 is 20.5 Å². The Labute approximate surface area is 124 Å². The summed E-state index contributed by atoms with van der Waals surface area (Å²) in [5, 5.41) is 14.2. The number of carbonyl (C=O) groups is 1. The van der Waals surface area contributed by atoms with Gasteiger partial charge in [0.1, 0.15) is 6.04 Å². The first-order valence-corrected chi connectivity index (χ1v) is 7.07. The molecule has 0 radical (unpaired) electrons. The topological polar surface area (TPSA) is 107 Å². The number of nitrogens with two attached hydrogens (primary N) is 1. The smallest absolute Gasteiger partial charge is 0.326 e. The fourth-order valence-corrected chi connectivity index (χ4v) is 2.61. The highest BCUT2D eigenvalue weighted by atomic mass is 32.1. The van der Waals surface area contributed by atoms with Gasteiger partial charge in [-0.1, -0.05) is 6.07 Å². The van der Waals surface area contributed by atoms with Crippen molar-refractivity contribution < 1.29 is 19.4 Å². The largest absolute Gasteiger partial charge is 0.480 e. The molecule has 1 aromatic carbocycles. The van der Waals surface area contributed by atoms with Crippen LogP contribution in [0.3, 0.4) is 0 Å². The lowest BCUT2D eigenvalue weighted by molar-refractivity contribution is -0.138. The van der Waals surface area contributed by atoms with E-state index in [2.05, 4.69) is 10.3 Å². The van der Waals surface area contributed by atoms with Gasteiger partial charge in [-0.15, -0.1) is 11.3 Å². The van der Waals surface area contributed by atoms with E-state index < -0.39 is 12.0 Å². The summed E-state index contributed by atoms with van der Waals surface area (Å²) >= 11 is 1.32. The van der Waals surface area contributed by atoms with Crippen LogP contribution >= 0.6 is 11.3 Å². The number of ether oxygens (including phenoxy) is 2. The molecule has 2 heterocycles. The summed E-state index contributed by atoms with van der Waals surface area (Å²) in [5.41, 5.74) is 6.87. The molecule has 0 fully saturated rings. The molecule has 8 heteroatoms. The van der Waals surface area contributed by atoms with E-state index in [4.69, 9.17) is 20.3 Å². The molecule has 0 aliphatic carbocycles. The molecule has 1 atom stereocenters. The lowest BCUT2D eigenvalue weighted by atomic mass is 10.2. The third kappa shape index (κ3) is 2.91. The number of carboxylic acids is 1. The molecule has 1 aliphatic rings. The molecule has 1 unspecified atom stereocenters. The summed E-state index contributed by atoms with van der Waals surface area (Å²) in [7, 11) is 0. The number of nitrogens with zero attached hydrogens (tertiary/aromatic N) is 1. The number of anilines is 1. The van der Waals surface area contributed by atoms with Crippen LogP contribution in [-0.2, 0) is 11.3 Å². The van der Waals surface area contributed by atoms with Crippen LogP contribution in [-0.4, -0.2) is 22.9 Å². The number of fused-ring (bicyclic) bond motifs is 1. The van der Waals surface area contributed by atoms with Gasteiger partial charge < -0.3 is 25.6 Å². The van der Waals surface area contributed by atoms with Crippen LogP contribution in [0.1, 0.15) is 17.3 Å². The Hall–Kier alpha value is -2.32. The number of aromatic nitrogens is 1. The molecule has 1 aromatic heterocycles. The van der Waals surface area contributed by atoms with Crippen molar-refractivity contribution in [3.63, 3.8) is 0 Å². The lowest BCUT2D eigenvalue weighted by Gasteiger charge is -2.04. The molecule has 1 aliphatic heterocycles. The van der Waals surface area contributed by atoms with Crippen LogP contribution in [0.4, 0.5) is 5.13 Å². The average Bonchev–Trinajstić information content (AvgIpc) is 3.12. The standard InChI is InChI=1S/C13H13N3O4S/c14-11(12(17)18)8-5-21-13(16-8)15-4-7-1-2-9-10(3-7)20-6-19-9/h1-3,5,11H,4,6,14H2,(H,15,16)(H,17,18). The number of hydrogen-bond donors (Lipinski definition) is 3. The monoisotopic (exact) mass is 307 g/mol. The van der Waals surface area contributed by atoms with Crippen molar-refractivity contribution in [2.24, 2.45) is 5.73 Å². The first-order chi connectivity index (χ1) is 10.1. The molecule has 0 saturated carbocycles.